The van der Waals surface area contributed by atoms with Crippen LogP contribution in [-0.2, 0) is 14.4 Å². The van der Waals surface area contributed by atoms with Crippen molar-refractivity contribution in [2.24, 2.45) is 5.10 Å². The van der Waals surface area contributed by atoms with E-state index in [1.165, 1.54) is 12.3 Å². The van der Waals surface area contributed by atoms with E-state index in [0.717, 1.165) is 10.0 Å². The number of nitrogens with one attached hydrogen (secondary N) is 3. The van der Waals surface area contributed by atoms with Gasteiger partial charge < -0.3 is 15.4 Å². The van der Waals surface area contributed by atoms with Crippen molar-refractivity contribution in [2.75, 3.05) is 18.5 Å². The maximum atomic E-state index is 12.2. The number of ether oxygens (including phenoxy) is 1. The molecule has 156 valence electrons. The van der Waals surface area contributed by atoms with Gasteiger partial charge in [0.15, 0.2) is 6.61 Å². The molecular weight excluding hydrogens is 452 g/mol. The summed E-state index contributed by atoms with van der Waals surface area (Å²) in [6.07, 6.45) is 2.77. The van der Waals surface area contributed by atoms with Gasteiger partial charge in [0.2, 0.25) is 0 Å². The summed E-state index contributed by atoms with van der Waals surface area (Å²) in [6.45, 7) is 5.30. The number of nitrogens with zero attached hydrogens (tertiary/aromatic N) is 1. The lowest BCUT2D eigenvalue weighted by Gasteiger charge is -2.11. The number of benzene rings is 2. The number of hydrogen-bond acceptors (Lipinski definition) is 5. The lowest BCUT2D eigenvalue weighted by Crippen LogP contribution is -2.37. The molecule has 0 aromatic heterocycles. The third-order valence-corrected chi connectivity index (χ3v) is 4.23. The molecule has 9 heteroatoms. The molecule has 0 aliphatic heterocycles. The number of hydrogen-bond donors (Lipinski definition) is 3. The van der Waals surface area contributed by atoms with Crippen LogP contribution in [0.3, 0.4) is 0 Å². The Morgan fingerprint density at radius 2 is 1.93 bits per heavy atom. The predicted molar refractivity (Wildman–Crippen MR) is 118 cm³/mol. The summed E-state index contributed by atoms with van der Waals surface area (Å²) in [6, 6.07) is 12.5. The van der Waals surface area contributed by atoms with Crippen molar-refractivity contribution in [2.45, 2.75) is 6.92 Å². The topological polar surface area (TPSA) is 109 Å². The number of rotatable bonds is 8. The fraction of sp³-hybridized carbons (Fsp3) is 0.143. The molecule has 0 saturated heterocycles. The van der Waals surface area contributed by atoms with Crippen molar-refractivity contribution in [3.63, 3.8) is 0 Å². The first-order valence-corrected chi connectivity index (χ1v) is 9.70. The van der Waals surface area contributed by atoms with E-state index in [2.05, 4.69) is 43.7 Å². The number of carbonyl (C=O) groups is 3. The van der Waals surface area contributed by atoms with Gasteiger partial charge in [0.25, 0.3) is 5.91 Å². The zero-order chi connectivity index (χ0) is 21.9. The fourth-order valence-electron chi connectivity index (χ4n) is 2.25. The Kier molecular flexibility index (Phi) is 8.76. The van der Waals surface area contributed by atoms with E-state index in [4.69, 9.17) is 4.74 Å². The van der Waals surface area contributed by atoms with Crippen LogP contribution < -0.4 is 20.8 Å². The summed E-state index contributed by atoms with van der Waals surface area (Å²) in [7, 11) is 0. The molecule has 0 heterocycles. The fourth-order valence-corrected chi connectivity index (χ4v) is 2.63. The molecule has 3 N–H and O–H groups in total. The summed E-state index contributed by atoms with van der Waals surface area (Å²) in [4.78, 5) is 35.3. The molecule has 0 aliphatic carbocycles. The Balaban J connectivity index is 1.98. The number of halogens is 1. The molecule has 0 atom stereocenters. The maximum Gasteiger partial charge on any atom is 0.329 e. The van der Waals surface area contributed by atoms with Gasteiger partial charge in [-0.05, 0) is 36.8 Å². The van der Waals surface area contributed by atoms with Crippen LogP contribution in [-0.4, -0.2) is 37.1 Å². The van der Waals surface area contributed by atoms with Crippen LogP contribution in [0.15, 0.2) is 64.7 Å². The van der Waals surface area contributed by atoms with E-state index in [0.29, 0.717) is 17.0 Å². The van der Waals surface area contributed by atoms with Crippen molar-refractivity contribution in [1.29, 1.82) is 0 Å². The Morgan fingerprint density at radius 3 is 2.67 bits per heavy atom. The third-order valence-electron chi connectivity index (χ3n) is 3.73. The van der Waals surface area contributed by atoms with E-state index in [1.807, 2.05) is 25.1 Å². The van der Waals surface area contributed by atoms with Crippen molar-refractivity contribution in [1.82, 2.24) is 10.7 Å². The van der Waals surface area contributed by atoms with Crippen LogP contribution in [0.5, 0.6) is 5.75 Å². The van der Waals surface area contributed by atoms with E-state index in [1.54, 1.807) is 24.3 Å². The van der Waals surface area contributed by atoms with Crippen molar-refractivity contribution in [3.8, 4) is 5.75 Å². The Hall–Kier alpha value is -3.46. The van der Waals surface area contributed by atoms with Crippen LogP contribution in [0.25, 0.3) is 0 Å². The normalized spacial score (nSPS) is 10.3. The molecule has 0 bridgehead atoms. The Labute approximate surface area is 182 Å². The average Bonchev–Trinajstić information content (AvgIpc) is 2.73. The van der Waals surface area contributed by atoms with Gasteiger partial charge in [0.05, 0.1) is 6.21 Å². The number of anilines is 1. The lowest BCUT2D eigenvalue weighted by molar-refractivity contribution is -0.139. The number of hydrazone groups is 1. The molecule has 0 saturated carbocycles. The molecule has 2 aromatic carbocycles. The lowest BCUT2D eigenvalue weighted by atomic mass is 10.2. The zero-order valence-electron chi connectivity index (χ0n) is 16.3. The van der Waals surface area contributed by atoms with E-state index in [-0.39, 0.29) is 19.1 Å². The van der Waals surface area contributed by atoms with Crippen molar-refractivity contribution < 1.29 is 19.1 Å². The van der Waals surface area contributed by atoms with Crippen molar-refractivity contribution in [3.05, 3.63) is 70.7 Å². The largest absolute Gasteiger partial charge is 0.483 e. The smallest absolute Gasteiger partial charge is 0.329 e. The van der Waals surface area contributed by atoms with Crippen LogP contribution in [0.1, 0.15) is 11.1 Å². The quantitative estimate of drug-likeness (QED) is 0.237. The van der Waals surface area contributed by atoms with Crippen LogP contribution >= 0.6 is 15.9 Å². The first-order chi connectivity index (χ1) is 14.4. The molecule has 8 nitrogen and oxygen atoms in total. The van der Waals surface area contributed by atoms with Gasteiger partial charge in [-0.15, -0.1) is 6.58 Å². The number of aryl methyl sites for hydroxylation is 1. The van der Waals surface area contributed by atoms with E-state index < -0.39 is 11.8 Å². The number of carbonyl (C=O) groups excluding carboxylic acids is 3. The SMILES string of the molecule is C=CCNC(=O)C(=O)N/N=C\c1cc(Br)ccc1OCC(=O)Nc1ccccc1C. The monoisotopic (exact) mass is 472 g/mol. The molecule has 0 radical (unpaired) electrons. The maximum absolute atomic E-state index is 12.2. The minimum atomic E-state index is -0.914. The second-order valence-corrected chi connectivity index (χ2v) is 6.95. The van der Waals surface area contributed by atoms with Gasteiger partial charge in [0.1, 0.15) is 5.75 Å². The van der Waals surface area contributed by atoms with Crippen LogP contribution in [0, 0.1) is 6.92 Å². The number of para-hydroxylation sites is 1. The second kappa shape index (κ2) is 11.5. The molecule has 30 heavy (non-hydrogen) atoms. The van der Waals surface area contributed by atoms with Crippen LogP contribution in [0.4, 0.5) is 5.69 Å². The summed E-state index contributed by atoms with van der Waals surface area (Å²) >= 11 is 3.34. The molecule has 2 aromatic rings. The zero-order valence-corrected chi connectivity index (χ0v) is 17.9. The van der Waals surface area contributed by atoms with Gasteiger partial charge in [-0.25, -0.2) is 5.43 Å². The van der Waals surface area contributed by atoms with Crippen LogP contribution in [0.2, 0.25) is 0 Å². The summed E-state index contributed by atoms with van der Waals surface area (Å²) in [5.74, 6) is -1.68. The molecule has 0 fully saturated rings. The van der Waals surface area contributed by atoms with Gasteiger partial charge in [-0.1, -0.05) is 40.2 Å². The molecular formula is C21H21BrN4O4. The summed E-state index contributed by atoms with van der Waals surface area (Å²) in [5.41, 5.74) is 4.27. The summed E-state index contributed by atoms with van der Waals surface area (Å²) < 4.78 is 6.34. The first-order valence-electron chi connectivity index (χ1n) is 8.90. The van der Waals surface area contributed by atoms with E-state index >= 15 is 0 Å². The molecule has 0 spiro atoms. The highest BCUT2D eigenvalue weighted by atomic mass is 79.9. The average molecular weight is 473 g/mol. The molecule has 3 amide bonds. The minimum absolute atomic E-state index is 0.171. The Morgan fingerprint density at radius 1 is 1.17 bits per heavy atom. The van der Waals surface area contributed by atoms with Gasteiger partial charge in [0, 0.05) is 22.3 Å². The second-order valence-electron chi connectivity index (χ2n) is 6.03. The van der Waals surface area contributed by atoms with Gasteiger partial charge >= 0.3 is 11.8 Å². The predicted octanol–water partition coefficient (Wildman–Crippen LogP) is 2.53. The molecule has 0 aliphatic rings. The Bertz CT molecular complexity index is 975. The van der Waals surface area contributed by atoms with E-state index in [9.17, 15) is 14.4 Å². The third kappa shape index (κ3) is 7.17. The first kappa shape index (κ1) is 22.8. The molecule has 2 rings (SSSR count). The van der Waals surface area contributed by atoms with Gasteiger partial charge in [-0.2, -0.15) is 5.10 Å². The highest BCUT2D eigenvalue weighted by Crippen LogP contribution is 2.22. The van der Waals surface area contributed by atoms with Gasteiger partial charge in [-0.3, -0.25) is 14.4 Å². The standard InChI is InChI=1S/C21H21BrN4O4/c1-3-10-23-20(28)21(29)26-24-12-15-11-16(22)8-9-18(15)30-13-19(27)25-17-7-5-4-6-14(17)2/h3-9,11-12H,1,10,13H2,2H3,(H,23,28)(H,25,27)(H,26,29)/b24-12-. The number of amides is 3. The molecule has 0 unspecified atom stereocenters. The summed E-state index contributed by atoms with van der Waals surface area (Å²) in [5, 5.41) is 8.89. The van der Waals surface area contributed by atoms with Crippen molar-refractivity contribution >= 4 is 45.6 Å². The minimum Gasteiger partial charge on any atom is -0.483 e. The highest BCUT2D eigenvalue weighted by Gasteiger charge is 2.11. The highest BCUT2D eigenvalue weighted by molar-refractivity contribution is 9.10.